The maximum Gasteiger partial charge on any atom is 0.406 e. The van der Waals surface area contributed by atoms with Crippen LogP contribution in [0.5, 0.6) is 0 Å². The van der Waals surface area contributed by atoms with Gasteiger partial charge in [0.25, 0.3) is 5.91 Å². The molecule has 3 nitrogen and oxygen atoms in total. The number of alkyl halides is 3. The second kappa shape index (κ2) is 5.22. The first-order valence-corrected chi connectivity index (χ1v) is 5.96. The first kappa shape index (κ1) is 14.5. The lowest BCUT2D eigenvalue weighted by Crippen LogP contribution is -2.48. The van der Waals surface area contributed by atoms with Gasteiger partial charge in [-0.05, 0) is 11.6 Å². The van der Waals surface area contributed by atoms with Crippen molar-refractivity contribution in [1.82, 2.24) is 4.90 Å². The Balaban J connectivity index is 2.23. The Morgan fingerprint density at radius 2 is 1.95 bits per heavy atom. The Labute approximate surface area is 112 Å². The van der Waals surface area contributed by atoms with E-state index in [1.807, 2.05) is 0 Å². The predicted molar refractivity (Wildman–Crippen MR) is 64.1 cm³/mol. The molecule has 1 aromatic carbocycles. The molecule has 0 aliphatic carbocycles. The number of amides is 1. The van der Waals surface area contributed by atoms with E-state index in [1.165, 1.54) is 18.2 Å². The van der Waals surface area contributed by atoms with E-state index < -0.39 is 36.1 Å². The van der Waals surface area contributed by atoms with E-state index in [4.69, 9.17) is 5.41 Å². The summed E-state index contributed by atoms with van der Waals surface area (Å²) in [7, 11) is 0. The number of likely N-dealkylation sites (tertiary alicyclic amines) is 1. The van der Waals surface area contributed by atoms with Crippen molar-refractivity contribution in [3.63, 3.8) is 0 Å². The van der Waals surface area contributed by atoms with Crippen LogP contribution in [0, 0.1) is 11.2 Å². The van der Waals surface area contributed by atoms with E-state index in [2.05, 4.69) is 0 Å². The number of benzene rings is 1. The molecule has 2 rings (SSSR count). The van der Waals surface area contributed by atoms with Crippen molar-refractivity contribution in [2.75, 3.05) is 13.1 Å². The van der Waals surface area contributed by atoms with Gasteiger partial charge in [-0.3, -0.25) is 10.2 Å². The van der Waals surface area contributed by atoms with Crippen LogP contribution in [-0.2, 0) is 4.79 Å². The van der Waals surface area contributed by atoms with Gasteiger partial charge in [0.2, 0.25) is 0 Å². The molecule has 0 spiro atoms. The van der Waals surface area contributed by atoms with Gasteiger partial charge in [0.1, 0.15) is 12.4 Å². The molecule has 1 aromatic rings. The summed E-state index contributed by atoms with van der Waals surface area (Å²) in [5.74, 6) is -2.09. The van der Waals surface area contributed by atoms with Crippen LogP contribution < -0.4 is 0 Å². The monoisotopic (exact) mass is 288 g/mol. The van der Waals surface area contributed by atoms with Crippen LogP contribution in [0.3, 0.4) is 0 Å². The van der Waals surface area contributed by atoms with Gasteiger partial charge < -0.3 is 4.90 Å². The molecule has 0 aromatic heterocycles. The third-order valence-corrected chi connectivity index (χ3v) is 3.15. The quantitative estimate of drug-likeness (QED) is 0.836. The van der Waals surface area contributed by atoms with Crippen molar-refractivity contribution in [1.29, 1.82) is 5.41 Å². The molecular weight excluding hydrogens is 276 g/mol. The SMILES string of the molecule is N=C1C[C@@H](c2ccccc2F)CN(CC(F)(F)F)C1=O. The van der Waals surface area contributed by atoms with Gasteiger partial charge in [-0.1, -0.05) is 18.2 Å². The first-order valence-electron chi connectivity index (χ1n) is 5.96. The standard InChI is InChI=1S/C13H12F4N2O/c14-10-4-2-1-3-9(10)8-5-11(18)12(20)19(6-8)7-13(15,16)17/h1-4,8,18H,5-7H2/t8-/m1/s1. The van der Waals surface area contributed by atoms with E-state index in [9.17, 15) is 22.4 Å². The fourth-order valence-electron chi connectivity index (χ4n) is 2.31. The minimum absolute atomic E-state index is 0.0475. The number of halogens is 4. The Kier molecular flexibility index (Phi) is 3.78. The van der Waals surface area contributed by atoms with Gasteiger partial charge >= 0.3 is 6.18 Å². The molecule has 1 heterocycles. The van der Waals surface area contributed by atoms with Crippen molar-refractivity contribution in [3.8, 4) is 0 Å². The number of nitrogens with zero attached hydrogens (tertiary/aromatic N) is 1. The Morgan fingerprint density at radius 3 is 2.55 bits per heavy atom. The maximum absolute atomic E-state index is 13.7. The summed E-state index contributed by atoms with van der Waals surface area (Å²) in [5, 5.41) is 7.50. The summed E-state index contributed by atoms with van der Waals surface area (Å²) in [6, 6.07) is 5.73. The van der Waals surface area contributed by atoms with Crippen molar-refractivity contribution in [2.24, 2.45) is 0 Å². The Morgan fingerprint density at radius 1 is 1.30 bits per heavy atom. The van der Waals surface area contributed by atoms with Gasteiger partial charge in [0.05, 0.1) is 5.71 Å². The van der Waals surface area contributed by atoms with Crippen LogP contribution in [0.2, 0.25) is 0 Å². The molecule has 20 heavy (non-hydrogen) atoms. The number of hydrogen-bond acceptors (Lipinski definition) is 2. The molecule has 1 amide bonds. The van der Waals surface area contributed by atoms with Crippen LogP contribution in [0.1, 0.15) is 17.9 Å². The minimum Gasteiger partial charge on any atom is -0.328 e. The summed E-state index contributed by atoms with van der Waals surface area (Å²) >= 11 is 0. The van der Waals surface area contributed by atoms with Crippen molar-refractivity contribution in [2.45, 2.75) is 18.5 Å². The molecule has 0 unspecified atom stereocenters. The van der Waals surface area contributed by atoms with Gasteiger partial charge in [-0.2, -0.15) is 13.2 Å². The zero-order valence-electron chi connectivity index (χ0n) is 10.4. The lowest BCUT2D eigenvalue weighted by molar-refractivity contribution is -0.158. The van der Waals surface area contributed by atoms with Crippen LogP contribution in [0.25, 0.3) is 0 Å². The molecule has 7 heteroatoms. The minimum atomic E-state index is -4.53. The maximum atomic E-state index is 13.7. The predicted octanol–water partition coefficient (Wildman–Crippen LogP) is 2.72. The van der Waals surface area contributed by atoms with E-state index in [0.29, 0.717) is 4.90 Å². The van der Waals surface area contributed by atoms with E-state index >= 15 is 0 Å². The average Bonchev–Trinajstić information content (AvgIpc) is 2.33. The lowest BCUT2D eigenvalue weighted by Gasteiger charge is -2.33. The second-order valence-corrected chi connectivity index (χ2v) is 4.70. The molecule has 0 saturated carbocycles. The molecule has 0 radical (unpaired) electrons. The fraction of sp³-hybridized carbons (Fsp3) is 0.385. The highest BCUT2D eigenvalue weighted by molar-refractivity contribution is 6.38. The van der Waals surface area contributed by atoms with Crippen molar-refractivity contribution >= 4 is 11.6 Å². The molecule has 108 valence electrons. The number of carbonyl (C=O) groups excluding carboxylic acids is 1. The normalized spacial score (nSPS) is 20.4. The summed E-state index contributed by atoms with van der Waals surface area (Å²) in [4.78, 5) is 12.1. The molecule has 1 N–H and O–H groups in total. The van der Waals surface area contributed by atoms with Crippen LogP contribution in [-0.4, -0.2) is 35.8 Å². The van der Waals surface area contributed by atoms with Crippen LogP contribution in [0.15, 0.2) is 24.3 Å². The van der Waals surface area contributed by atoms with Gasteiger partial charge in [0.15, 0.2) is 0 Å². The van der Waals surface area contributed by atoms with Crippen molar-refractivity contribution < 1.29 is 22.4 Å². The van der Waals surface area contributed by atoms with E-state index in [1.54, 1.807) is 6.07 Å². The lowest BCUT2D eigenvalue weighted by atomic mass is 9.89. The molecule has 0 bridgehead atoms. The summed E-state index contributed by atoms with van der Waals surface area (Å²) in [5.41, 5.74) is -0.189. The zero-order valence-corrected chi connectivity index (χ0v) is 10.4. The second-order valence-electron chi connectivity index (χ2n) is 4.70. The summed E-state index contributed by atoms with van der Waals surface area (Å²) in [6.07, 6.45) is -4.58. The molecule has 1 aliphatic heterocycles. The molecule has 1 atom stereocenters. The van der Waals surface area contributed by atoms with Crippen molar-refractivity contribution in [3.05, 3.63) is 35.6 Å². The smallest absolute Gasteiger partial charge is 0.328 e. The summed E-state index contributed by atoms with van der Waals surface area (Å²) < 4.78 is 50.9. The highest BCUT2D eigenvalue weighted by atomic mass is 19.4. The van der Waals surface area contributed by atoms with Crippen LogP contribution >= 0.6 is 0 Å². The number of hydrogen-bond donors (Lipinski definition) is 1. The van der Waals surface area contributed by atoms with Gasteiger partial charge in [-0.25, -0.2) is 4.39 Å². The largest absolute Gasteiger partial charge is 0.406 e. The molecule has 1 aliphatic rings. The average molecular weight is 288 g/mol. The highest BCUT2D eigenvalue weighted by Gasteiger charge is 2.39. The Bertz CT molecular complexity index is 541. The summed E-state index contributed by atoms with van der Waals surface area (Å²) in [6.45, 7) is -1.65. The van der Waals surface area contributed by atoms with E-state index in [-0.39, 0.29) is 18.5 Å². The van der Waals surface area contributed by atoms with Gasteiger partial charge in [0, 0.05) is 18.9 Å². The number of piperidine rings is 1. The topological polar surface area (TPSA) is 44.2 Å². The third kappa shape index (κ3) is 3.15. The van der Waals surface area contributed by atoms with Gasteiger partial charge in [-0.15, -0.1) is 0 Å². The third-order valence-electron chi connectivity index (χ3n) is 3.15. The highest BCUT2D eigenvalue weighted by Crippen LogP contribution is 2.29. The molecule has 1 saturated heterocycles. The first-order chi connectivity index (χ1) is 9.28. The Hall–Kier alpha value is -1.92. The number of rotatable bonds is 2. The number of nitrogens with one attached hydrogen (secondary N) is 1. The molecular formula is C13H12F4N2O. The fourth-order valence-corrected chi connectivity index (χ4v) is 2.31. The number of carbonyl (C=O) groups is 1. The zero-order chi connectivity index (χ0) is 14.9. The van der Waals surface area contributed by atoms with Crippen LogP contribution in [0.4, 0.5) is 17.6 Å². The molecule has 1 fully saturated rings. The van der Waals surface area contributed by atoms with E-state index in [0.717, 1.165) is 0 Å².